The van der Waals surface area contributed by atoms with Gasteiger partial charge < -0.3 is 0 Å². The van der Waals surface area contributed by atoms with Crippen molar-refractivity contribution in [3.05, 3.63) is 168 Å². The van der Waals surface area contributed by atoms with Crippen LogP contribution in [0.2, 0.25) is 5.02 Å². The molecule has 0 unspecified atom stereocenters. The molecule has 3 heteroatoms. The van der Waals surface area contributed by atoms with Crippen LogP contribution in [0.3, 0.4) is 0 Å². The quantitative estimate of drug-likeness (QED) is 0.190. The SMILES string of the molecule is Cc1cc(-c2ccccc2)ncc1-c1ccccc1-c1cc(Cl)cc(-c2ccccc2-c2cnc(-c3ccccc3)cc2C)c1. The molecular weight excluding hydrogens is 568 g/mol. The van der Waals surface area contributed by atoms with Crippen molar-refractivity contribution in [1.82, 2.24) is 9.97 Å². The molecule has 0 saturated carbocycles. The third-order valence-electron chi connectivity index (χ3n) is 8.31. The lowest BCUT2D eigenvalue weighted by atomic mass is 9.89. The van der Waals surface area contributed by atoms with Gasteiger partial charge in [0.15, 0.2) is 0 Å². The molecule has 0 bridgehead atoms. The zero-order valence-corrected chi connectivity index (χ0v) is 26.0. The van der Waals surface area contributed by atoms with Crippen LogP contribution < -0.4 is 0 Å². The lowest BCUT2D eigenvalue weighted by Gasteiger charge is -2.16. The average Bonchev–Trinajstić information content (AvgIpc) is 3.09. The fraction of sp³-hybridized carbons (Fsp3) is 0.0476. The number of nitrogens with zero attached hydrogens (tertiary/aromatic N) is 2. The number of aromatic nitrogens is 2. The molecule has 0 spiro atoms. The maximum absolute atomic E-state index is 6.86. The summed E-state index contributed by atoms with van der Waals surface area (Å²) in [6.45, 7) is 4.30. The molecule has 0 aliphatic heterocycles. The molecule has 2 aromatic heterocycles. The average molecular weight is 599 g/mol. The summed E-state index contributed by atoms with van der Waals surface area (Å²) in [7, 11) is 0. The first-order valence-electron chi connectivity index (χ1n) is 15.1. The Balaban J connectivity index is 1.30. The van der Waals surface area contributed by atoms with Gasteiger partial charge in [0.05, 0.1) is 11.4 Å². The Labute approximate surface area is 269 Å². The van der Waals surface area contributed by atoms with Gasteiger partial charge in [0, 0.05) is 39.7 Å². The van der Waals surface area contributed by atoms with E-state index in [1.165, 1.54) is 11.1 Å². The molecule has 0 amide bonds. The summed E-state index contributed by atoms with van der Waals surface area (Å²) in [5.41, 5.74) is 15.3. The van der Waals surface area contributed by atoms with Gasteiger partial charge in [0.1, 0.15) is 0 Å². The molecule has 0 atom stereocenters. The van der Waals surface area contributed by atoms with E-state index in [4.69, 9.17) is 21.6 Å². The molecule has 45 heavy (non-hydrogen) atoms. The van der Waals surface area contributed by atoms with Crippen LogP contribution in [0.15, 0.2) is 152 Å². The van der Waals surface area contributed by atoms with Gasteiger partial charge in [-0.3, -0.25) is 9.97 Å². The van der Waals surface area contributed by atoms with Gasteiger partial charge in [-0.25, -0.2) is 0 Å². The van der Waals surface area contributed by atoms with E-state index in [-0.39, 0.29) is 0 Å². The predicted octanol–water partition coefficient (Wildman–Crippen LogP) is 11.7. The number of pyridine rings is 2. The van der Waals surface area contributed by atoms with Gasteiger partial charge in [-0.1, -0.05) is 121 Å². The van der Waals surface area contributed by atoms with Gasteiger partial charge in [0.25, 0.3) is 0 Å². The monoisotopic (exact) mass is 598 g/mol. The highest BCUT2D eigenvalue weighted by Gasteiger charge is 2.16. The van der Waals surface area contributed by atoms with E-state index in [9.17, 15) is 0 Å². The standard InChI is InChI=1S/C42H31ClN2/c1-28-21-41(30-13-5-3-6-14-30)44-26-39(28)37-19-11-9-17-35(37)32-23-33(25-34(43)24-32)36-18-10-12-20-38(36)40-27-45-42(22-29(40)2)31-15-7-4-8-16-31/h3-27H,1-2H3. The van der Waals surface area contributed by atoms with Crippen molar-refractivity contribution in [2.24, 2.45) is 0 Å². The van der Waals surface area contributed by atoms with Crippen molar-refractivity contribution in [3.63, 3.8) is 0 Å². The largest absolute Gasteiger partial charge is 0.256 e. The van der Waals surface area contributed by atoms with Crippen LogP contribution in [0.25, 0.3) is 67.0 Å². The van der Waals surface area contributed by atoms with Crippen molar-refractivity contribution >= 4 is 11.6 Å². The first-order valence-corrected chi connectivity index (χ1v) is 15.5. The van der Waals surface area contributed by atoms with E-state index in [1.54, 1.807) is 0 Å². The molecule has 0 aliphatic carbocycles. The third kappa shape index (κ3) is 5.81. The molecule has 216 valence electrons. The highest BCUT2D eigenvalue weighted by Crippen LogP contribution is 2.40. The third-order valence-corrected chi connectivity index (χ3v) is 8.53. The summed E-state index contributed by atoms with van der Waals surface area (Å²) in [6, 6.07) is 48.3. The molecule has 5 aromatic carbocycles. The maximum atomic E-state index is 6.86. The first-order chi connectivity index (χ1) is 22.0. The lowest BCUT2D eigenvalue weighted by Crippen LogP contribution is -1.93. The van der Waals surface area contributed by atoms with E-state index in [1.807, 2.05) is 48.8 Å². The second kappa shape index (κ2) is 12.4. The van der Waals surface area contributed by atoms with Gasteiger partial charge in [0.2, 0.25) is 0 Å². The Bertz CT molecular complexity index is 1980. The molecule has 0 saturated heterocycles. The van der Waals surface area contributed by atoms with E-state index in [2.05, 4.69) is 117 Å². The topological polar surface area (TPSA) is 25.8 Å². The van der Waals surface area contributed by atoms with Gasteiger partial charge >= 0.3 is 0 Å². The summed E-state index contributed by atoms with van der Waals surface area (Å²) in [5, 5.41) is 0.690. The molecule has 0 aliphatic rings. The molecule has 0 fully saturated rings. The normalized spacial score (nSPS) is 11.0. The molecule has 0 N–H and O–H groups in total. The molecule has 2 heterocycles. The van der Waals surface area contributed by atoms with E-state index in [0.717, 1.165) is 67.0 Å². The molecule has 7 aromatic rings. The highest BCUT2D eigenvalue weighted by atomic mass is 35.5. The Morgan fingerprint density at radius 2 is 0.756 bits per heavy atom. The molecule has 0 radical (unpaired) electrons. The summed E-state index contributed by atoms with van der Waals surface area (Å²) in [6.07, 6.45) is 3.98. The summed E-state index contributed by atoms with van der Waals surface area (Å²) in [4.78, 5) is 9.70. The predicted molar refractivity (Wildman–Crippen MR) is 189 cm³/mol. The molecule has 7 rings (SSSR count). The van der Waals surface area contributed by atoms with E-state index in [0.29, 0.717) is 5.02 Å². The number of rotatable bonds is 6. The Hall–Kier alpha value is -5.31. The smallest absolute Gasteiger partial charge is 0.0705 e. The zero-order chi connectivity index (χ0) is 30.8. The van der Waals surface area contributed by atoms with Gasteiger partial charge in [-0.2, -0.15) is 0 Å². The van der Waals surface area contributed by atoms with Crippen LogP contribution in [0.5, 0.6) is 0 Å². The van der Waals surface area contributed by atoms with Gasteiger partial charge in [-0.15, -0.1) is 0 Å². The number of hydrogen-bond donors (Lipinski definition) is 0. The Morgan fingerprint density at radius 3 is 1.16 bits per heavy atom. The van der Waals surface area contributed by atoms with Crippen LogP contribution in [0.4, 0.5) is 0 Å². The highest BCUT2D eigenvalue weighted by molar-refractivity contribution is 6.31. The summed E-state index contributed by atoms with van der Waals surface area (Å²) >= 11 is 6.86. The van der Waals surface area contributed by atoms with Crippen LogP contribution in [0.1, 0.15) is 11.1 Å². The van der Waals surface area contributed by atoms with Crippen molar-refractivity contribution in [2.75, 3.05) is 0 Å². The Kier molecular flexibility index (Phi) is 7.82. The van der Waals surface area contributed by atoms with Crippen molar-refractivity contribution in [1.29, 1.82) is 0 Å². The molecular formula is C42H31ClN2. The van der Waals surface area contributed by atoms with Gasteiger partial charge in [-0.05, 0) is 88.7 Å². The molecule has 2 nitrogen and oxygen atoms in total. The lowest BCUT2D eigenvalue weighted by molar-refractivity contribution is 1.29. The summed E-state index contributed by atoms with van der Waals surface area (Å²) < 4.78 is 0. The van der Waals surface area contributed by atoms with Crippen LogP contribution in [-0.2, 0) is 0 Å². The van der Waals surface area contributed by atoms with E-state index < -0.39 is 0 Å². The second-order valence-corrected chi connectivity index (χ2v) is 11.8. The second-order valence-electron chi connectivity index (χ2n) is 11.3. The number of benzene rings is 5. The first kappa shape index (κ1) is 28.5. The van der Waals surface area contributed by atoms with Crippen molar-refractivity contribution in [2.45, 2.75) is 13.8 Å². The van der Waals surface area contributed by atoms with Crippen LogP contribution in [-0.4, -0.2) is 9.97 Å². The number of halogens is 1. The van der Waals surface area contributed by atoms with E-state index >= 15 is 0 Å². The summed E-state index contributed by atoms with van der Waals surface area (Å²) in [5.74, 6) is 0. The fourth-order valence-corrected chi connectivity index (χ4v) is 6.28. The number of hydrogen-bond acceptors (Lipinski definition) is 2. The maximum Gasteiger partial charge on any atom is 0.0705 e. The van der Waals surface area contributed by atoms with Crippen LogP contribution in [0, 0.1) is 13.8 Å². The zero-order valence-electron chi connectivity index (χ0n) is 25.2. The minimum Gasteiger partial charge on any atom is -0.256 e. The van der Waals surface area contributed by atoms with Crippen LogP contribution >= 0.6 is 11.6 Å². The number of aryl methyl sites for hydroxylation is 2. The van der Waals surface area contributed by atoms with Crippen molar-refractivity contribution < 1.29 is 0 Å². The fourth-order valence-electron chi connectivity index (χ4n) is 6.05. The minimum absolute atomic E-state index is 0.690. The van der Waals surface area contributed by atoms with Crippen molar-refractivity contribution in [3.8, 4) is 67.0 Å². The Morgan fingerprint density at radius 1 is 0.378 bits per heavy atom. The minimum atomic E-state index is 0.690.